The normalized spacial score (nSPS) is 12.4. The lowest BCUT2D eigenvalue weighted by Gasteiger charge is -1.97. The summed E-state index contributed by atoms with van der Waals surface area (Å²) in [5.41, 5.74) is -0.199. The van der Waals surface area contributed by atoms with Gasteiger partial charge in [-0.25, -0.2) is 4.98 Å². The van der Waals surface area contributed by atoms with Gasteiger partial charge < -0.3 is 0 Å². The molecule has 0 fully saturated rings. The monoisotopic (exact) mass is 237 g/mol. The van der Waals surface area contributed by atoms with Gasteiger partial charge >= 0.3 is 5.00 Å². The number of halogens is 1. The molecule has 1 rings (SSSR count). The van der Waals surface area contributed by atoms with Crippen LogP contribution in [0.3, 0.4) is 0 Å². The van der Waals surface area contributed by atoms with Gasteiger partial charge in [0.25, 0.3) is 6.04 Å². The van der Waals surface area contributed by atoms with Crippen LogP contribution in [-0.4, -0.2) is 14.8 Å². The SMILES string of the molecule is CC(c1nc(Cl)sc1[N+](=O)[O-])[N+](=O)[O-]. The first-order valence-electron chi connectivity index (χ1n) is 3.37. The molecule has 76 valence electrons. The van der Waals surface area contributed by atoms with Crippen LogP contribution in [0.4, 0.5) is 5.00 Å². The summed E-state index contributed by atoms with van der Waals surface area (Å²) in [5, 5.41) is 20.5. The van der Waals surface area contributed by atoms with Gasteiger partial charge in [-0.05, 0) is 11.3 Å². The van der Waals surface area contributed by atoms with Crippen molar-refractivity contribution >= 4 is 27.9 Å². The average Bonchev–Trinajstić information content (AvgIpc) is 2.45. The van der Waals surface area contributed by atoms with E-state index < -0.39 is 15.9 Å². The van der Waals surface area contributed by atoms with Gasteiger partial charge in [0, 0.05) is 11.8 Å². The third-order valence-electron chi connectivity index (χ3n) is 1.49. The summed E-state index contributed by atoms with van der Waals surface area (Å²) in [4.78, 5) is 23.0. The van der Waals surface area contributed by atoms with Crippen LogP contribution in [-0.2, 0) is 0 Å². The summed E-state index contributed by atoms with van der Waals surface area (Å²) in [6.45, 7) is 1.22. The van der Waals surface area contributed by atoms with Crippen molar-refractivity contribution in [1.29, 1.82) is 0 Å². The summed E-state index contributed by atoms with van der Waals surface area (Å²) in [5.74, 6) is 0. The molecule has 1 atom stereocenters. The third-order valence-corrected chi connectivity index (χ3v) is 2.61. The van der Waals surface area contributed by atoms with Crippen LogP contribution in [0.25, 0.3) is 0 Å². The Bertz CT molecular complexity index is 392. The van der Waals surface area contributed by atoms with E-state index in [1.807, 2.05) is 0 Å². The minimum Gasteiger partial charge on any atom is -0.264 e. The molecule has 9 heteroatoms. The van der Waals surface area contributed by atoms with Gasteiger partial charge in [-0.3, -0.25) is 20.2 Å². The summed E-state index contributed by atoms with van der Waals surface area (Å²) in [6.07, 6.45) is 0. The second-order valence-corrected chi connectivity index (χ2v) is 3.94. The molecular weight excluding hydrogens is 234 g/mol. The highest BCUT2D eigenvalue weighted by Gasteiger charge is 2.31. The first kappa shape index (κ1) is 10.8. The molecule has 0 saturated heterocycles. The summed E-state index contributed by atoms with van der Waals surface area (Å²) >= 11 is 6.06. The Kier molecular flexibility index (Phi) is 2.96. The van der Waals surface area contributed by atoms with Gasteiger partial charge in [-0.2, -0.15) is 0 Å². The number of nitrogens with zero attached hydrogens (tertiary/aromatic N) is 3. The average molecular weight is 238 g/mol. The van der Waals surface area contributed by atoms with Crippen molar-refractivity contribution in [2.75, 3.05) is 0 Å². The van der Waals surface area contributed by atoms with E-state index in [2.05, 4.69) is 4.98 Å². The predicted molar refractivity (Wildman–Crippen MR) is 49.2 cm³/mol. The highest BCUT2D eigenvalue weighted by molar-refractivity contribution is 7.18. The molecule has 0 radical (unpaired) electrons. The van der Waals surface area contributed by atoms with Crippen molar-refractivity contribution in [1.82, 2.24) is 4.98 Å². The maximum Gasteiger partial charge on any atom is 0.355 e. The zero-order valence-electron chi connectivity index (χ0n) is 6.84. The van der Waals surface area contributed by atoms with E-state index in [-0.39, 0.29) is 15.2 Å². The number of hydrogen-bond donors (Lipinski definition) is 0. The minimum absolute atomic E-state index is 0.0691. The largest absolute Gasteiger partial charge is 0.355 e. The highest BCUT2D eigenvalue weighted by atomic mass is 35.5. The van der Waals surface area contributed by atoms with E-state index in [9.17, 15) is 20.2 Å². The molecule has 1 aromatic rings. The second-order valence-electron chi connectivity index (χ2n) is 2.38. The second kappa shape index (κ2) is 3.84. The van der Waals surface area contributed by atoms with Crippen molar-refractivity contribution < 1.29 is 9.85 Å². The molecule has 0 bridgehead atoms. The smallest absolute Gasteiger partial charge is 0.264 e. The lowest BCUT2D eigenvalue weighted by atomic mass is 10.3. The van der Waals surface area contributed by atoms with E-state index in [0.29, 0.717) is 11.3 Å². The van der Waals surface area contributed by atoms with Gasteiger partial charge in [0.15, 0.2) is 4.47 Å². The number of hydrogen-bond acceptors (Lipinski definition) is 6. The zero-order chi connectivity index (χ0) is 10.9. The summed E-state index contributed by atoms with van der Waals surface area (Å²) in [7, 11) is 0. The van der Waals surface area contributed by atoms with Crippen LogP contribution in [0.2, 0.25) is 4.47 Å². The molecule has 0 aliphatic rings. The zero-order valence-corrected chi connectivity index (χ0v) is 8.41. The first-order valence-corrected chi connectivity index (χ1v) is 4.57. The van der Waals surface area contributed by atoms with E-state index in [0.717, 1.165) is 0 Å². The fourth-order valence-electron chi connectivity index (χ4n) is 0.800. The fraction of sp³-hybridized carbons (Fsp3) is 0.400. The molecular formula is C5H4ClN3O4S. The quantitative estimate of drug-likeness (QED) is 0.592. The van der Waals surface area contributed by atoms with Crippen molar-refractivity contribution in [2.24, 2.45) is 0 Å². The van der Waals surface area contributed by atoms with Crippen molar-refractivity contribution in [2.45, 2.75) is 13.0 Å². The molecule has 7 nitrogen and oxygen atoms in total. The van der Waals surface area contributed by atoms with Crippen molar-refractivity contribution in [3.8, 4) is 0 Å². The van der Waals surface area contributed by atoms with Gasteiger partial charge in [-0.15, -0.1) is 0 Å². The Morgan fingerprint density at radius 2 is 2.07 bits per heavy atom. The molecule has 14 heavy (non-hydrogen) atoms. The fourth-order valence-corrected chi connectivity index (χ4v) is 1.81. The minimum atomic E-state index is -1.22. The molecule has 0 spiro atoms. The maximum atomic E-state index is 10.5. The molecule has 0 aromatic carbocycles. The van der Waals surface area contributed by atoms with Crippen LogP contribution in [0, 0.1) is 20.2 Å². The maximum absolute atomic E-state index is 10.5. The summed E-state index contributed by atoms with van der Waals surface area (Å²) < 4.78 is -0.0691. The van der Waals surface area contributed by atoms with Crippen molar-refractivity contribution in [3.05, 3.63) is 30.4 Å². The first-order chi connectivity index (χ1) is 6.43. The lowest BCUT2D eigenvalue weighted by molar-refractivity contribution is -0.526. The van der Waals surface area contributed by atoms with E-state index in [4.69, 9.17) is 11.6 Å². The molecule has 0 aliphatic carbocycles. The van der Waals surface area contributed by atoms with Crippen LogP contribution in [0.1, 0.15) is 18.7 Å². The molecule has 1 aromatic heterocycles. The van der Waals surface area contributed by atoms with Gasteiger partial charge in [-0.1, -0.05) is 11.6 Å². The van der Waals surface area contributed by atoms with Crippen molar-refractivity contribution in [3.63, 3.8) is 0 Å². The lowest BCUT2D eigenvalue weighted by Crippen LogP contribution is -2.08. The van der Waals surface area contributed by atoms with Crippen LogP contribution >= 0.6 is 22.9 Å². The van der Waals surface area contributed by atoms with Crippen LogP contribution < -0.4 is 0 Å². The summed E-state index contributed by atoms with van der Waals surface area (Å²) in [6, 6.07) is -1.22. The molecule has 0 N–H and O–H groups in total. The Morgan fingerprint density at radius 3 is 2.50 bits per heavy atom. The Morgan fingerprint density at radius 1 is 1.50 bits per heavy atom. The predicted octanol–water partition coefficient (Wildman–Crippen LogP) is 2.04. The number of aromatic nitrogens is 1. The molecule has 1 unspecified atom stereocenters. The third kappa shape index (κ3) is 1.96. The molecule has 1 heterocycles. The van der Waals surface area contributed by atoms with Gasteiger partial charge in [0.2, 0.25) is 5.69 Å². The van der Waals surface area contributed by atoms with Crippen LogP contribution in [0.5, 0.6) is 0 Å². The Labute approximate surface area is 86.6 Å². The molecule has 0 amide bonds. The standard InChI is InChI=1S/C5H4ClN3O4S/c1-2(8(10)11)3-4(9(12)13)14-5(6)7-3/h2H,1H3. The van der Waals surface area contributed by atoms with Gasteiger partial charge in [0.05, 0.1) is 4.92 Å². The Balaban J connectivity index is 3.19. The number of thiazole rings is 1. The molecule has 0 saturated carbocycles. The Hall–Kier alpha value is -1.28. The van der Waals surface area contributed by atoms with Gasteiger partial charge in [0.1, 0.15) is 0 Å². The van der Waals surface area contributed by atoms with E-state index >= 15 is 0 Å². The molecule has 0 aliphatic heterocycles. The van der Waals surface area contributed by atoms with Crippen LogP contribution in [0.15, 0.2) is 0 Å². The number of nitro groups is 2. The highest BCUT2D eigenvalue weighted by Crippen LogP contribution is 2.34. The topological polar surface area (TPSA) is 99.2 Å². The van der Waals surface area contributed by atoms with E-state index in [1.165, 1.54) is 6.92 Å². The van der Waals surface area contributed by atoms with E-state index in [1.54, 1.807) is 0 Å². The number of rotatable bonds is 3.